The molecule has 0 aromatic heterocycles. The maximum atomic E-state index is 12.7. The number of fused-ring (bicyclic) bond motifs is 1. The third kappa shape index (κ3) is 2.84. The van der Waals surface area contributed by atoms with Crippen LogP contribution in [0, 0.1) is 0 Å². The molecule has 3 rings (SSSR count). The Kier molecular flexibility index (Phi) is 4.14. The van der Waals surface area contributed by atoms with E-state index in [9.17, 15) is 4.79 Å². The van der Waals surface area contributed by atoms with E-state index in [4.69, 9.17) is 0 Å². The zero-order valence-electron chi connectivity index (χ0n) is 13.2. The topological polar surface area (TPSA) is 32.3 Å². The average molecular weight is 294 g/mol. The van der Waals surface area contributed by atoms with Gasteiger partial charge in [-0.05, 0) is 49.1 Å². The van der Waals surface area contributed by atoms with Gasteiger partial charge in [0.15, 0.2) is 0 Å². The van der Waals surface area contributed by atoms with Gasteiger partial charge in [-0.2, -0.15) is 0 Å². The summed E-state index contributed by atoms with van der Waals surface area (Å²) in [5.41, 5.74) is 4.60. The third-order valence-corrected chi connectivity index (χ3v) is 4.24. The summed E-state index contributed by atoms with van der Waals surface area (Å²) in [6.07, 6.45) is 1.94. The fourth-order valence-corrected chi connectivity index (χ4v) is 2.99. The summed E-state index contributed by atoms with van der Waals surface area (Å²) in [4.78, 5) is 14.6. The standard InChI is InChI=1S/C19H22N2O/c1-3-15-7-6-9-17(13-15)20-14(2)19(22)21-12-11-16-8-4-5-10-18(16)21/h4-10,13-14,20H,3,11-12H2,1-2H3/t14-/m1/s1. The van der Waals surface area contributed by atoms with Crippen molar-refractivity contribution in [2.45, 2.75) is 32.7 Å². The highest BCUT2D eigenvalue weighted by atomic mass is 16.2. The van der Waals surface area contributed by atoms with Crippen LogP contribution < -0.4 is 10.2 Å². The molecular formula is C19H22N2O. The van der Waals surface area contributed by atoms with Crippen molar-refractivity contribution in [2.75, 3.05) is 16.8 Å². The largest absolute Gasteiger partial charge is 0.374 e. The van der Waals surface area contributed by atoms with Gasteiger partial charge in [0, 0.05) is 17.9 Å². The number of para-hydroxylation sites is 1. The number of nitrogens with one attached hydrogen (secondary N) is 1. The van der Waals surface area contributed by atoms with Gasteiger partial charge in [-0.15, -0.1) is 0 Å². The maximum absolute atomic E-state index is 12.7. The van der Waals surface area contributed by atoms with Crippen LogP contribution >= 0.6 is 0 Å². The van der Waals surface area contributed by atoms with E-state index in [2.05, 4.69) is 30.4 Å². The first-order chi connectivity index (χ1) is 10.7. The number of hydrogen-bond acceptors (Lipinski definition) is 2. The van der Waals surface area contributed by atoms with Crippen LogP contribution in [-0.4, -0.2) is 18.5 Å². The van der Waals surface area contributed by atoms with Crippen molar-refractivity contribution in [2.24, 2.45) is 0 Å². The molecule has 114 valence electrons. The van der Waals surface area contributed by atoms with Crippen LogP contribution in [0.3, 0.4) is 0 Å². The van der Waals surface area contributed by atoms with E-state index in [0.717, 1.165) is 30.8 Å². The minimum Gasteiger partial charge on any atom is -0.374 e. The van der Waals surface area contributed by atoms with Gasteiger partial charge >= 0.3 is 0 Å². The highest BCUT2D eigenvalue weighted by Crippen LogP contribution is 2.28. The lowest BCUT2D eigenvalue weighted by Gasteiger charge is -2.23. The van der Waals surface area contributed by atoms with Gasteiger partial charge in [0.05, 0.1) is 0 Å². The molecule has 1 atom stereocenters. The van der Waals surface area contributed by atoms with Crippen LogP contribution in [0.25, 0.3) is 0 Å². The van der Waals surface area contributed by atoms with Crippen molar-refractivity contribution in [1.29, 1.82) is 0 Å². The lowest BCUT2D eigenvalue weighted by Crippen LogP contribution is -2.40. The number of carbonyl (C=O) groups is 1. The molecule has 0 radical (unpaired) electrons. The Labute approximate surface area is 132 Å². The monoisotopic (exact) mass is 294 g/mol. The van der Waals surface area contributed by atoms with Crippen molar-refractivity contribution in [3.63, 3.8) is 0 Å². The van der Waals surface area contributed by atoms with Gasteiger partial charge in [-0.1, -0.05) is 37.3 Å². The van der Waals surface area contributed by atoms with Gasteiger partial charge < -0.3 is 10.2 Å². The van der Waals surface area contributed by atoms with Crippen LogP contribution in [0.1, 0.15) is 25.0 Å². The summed E-state index contributed by atoms with van der Waals surface area (Å²) in [7, 11) is 0. The zero-order chi connectivity index (χ0) is 15.5. The first kappa shape index (κ1) is 14.6. The van der Waals surface area contributed by atoms with Gasteiger partial charge in [0.1, 0.15) is 6.04 Å². The Bertz CT molecular complexity index is 681. The number of aryl methyl sites for hydroxylation is 1. The van der Waals surface area contributed by atoms with Gasteiger partial charge in [0.2, 0.25) is 5.91 Å². The van der Waals surface area contributed by atoms with Crippen LogP contribution in [-0.2, 0) is 17.6 Å². The number of hydrogen-bond donors (Lipinski definition) is 1. The molecule has 22 heavy (non-hydrogen) atoms. The Morgan fingerprint density at radius 2 is 2.05 bits per heavy atom. The average Bonchev–Trinajstić information content (AvgIpc) is 2.98. The summed E-state index contributed by atoms with van der Waals surface area (Å²) in [6.45, 7) is 4.84. The lowest BCUT2D eigenvalue weighted by atomic mass is 10.1. The van der Waals surface area contributed by atoms with Crippen LogP contribution in [0.15, 0.2) is 48.5 Å². The molecule has 1 aliphatic heterocycles. The van der Waals surface area contributed by atoms with Crippen LogP contribution in [0.5, 0.6) is 0 Å². The van der Waals surface area contributed by atoms with Crippen molar-refractivity contribution >= 4 is 17.3 Å². The predicted molar refractivity (Wildman–Crippen MR) is 91.4 cm³/mol. The van der Waals surface area contributed by atoms with E-state index in [0.29, 0.717) is 0 Å². The third-order valence-electron chi connectivity index (χ3n) is 4.24. The highest BCUT2D eigenvalue weighted by molar-refractivity contribution is 6.00. The van der Waals surface area contributed by atoms with E-state index in [1.165, 1.54) is 11.1 Å². The molecular weight excluding hydrogens is 272 g/mol. The molecule has 0 unspecified atom stereocenters. The van der Waals surface area contributed by atoms with E-state index in [1.54, 1.807) is 0 Å². The SMILES string of the molecule is CCc1cccc(N[C@H](C)C(=O)N2CCc3ccccc32)c1. The summed E-state index contributed by atoms with van der Waals surface area (Å²) in [5, 5.41) is 3.33. The molecule has 0 fully saturated rings. The molecule has 2 aromatic carbocycles. The molecule has 0 saturated heterocycles. The smallest absolute Gasteiger partial charge is 0.249 e. The molecule has 0 bridgehead atoms. The molecule has 3 heteroatoms. The number of nitrogens with zero attached hydrogens (tertiary/aromatic N) is 1. The Morgan fingerprint density at radius 1 is 1.23 bits per heavy atom. The van der Waals surface area contributed by atoms with E-state index in [1.807, 2.05) is 42.2 Å². The molecule has 1 amide bonds. The minimum atomic E-state index is -0.238. The molecule has 1 heterocycles. The van der Waals surface area contributed by atoms with Crippen molar-refractivity contribution in [1.82, 2.24) is 0 Å². The number of carbonyl (C=O) groups excluding carboxylic acids is 1. The second kappa shape index (κ2) is 6.22. The summed E-state index contributed by atoms with van der Waals surface area (Å²) < 4.78 is 0. The molecule has 1 N–H and O–H groups in total. The van der Waals surface area contributed by atoms with Crippen molar-refractivity contribution in [3.05, 3.63) is 59.7 Å². The second-order valence-electron chi connectivity index (χ2n) is 5.79. The Morgan fingerprint density at radius 3 is 2.86 bits per heavy atom. The Balaban J connectivity index is 1.73. The van der Waals surface area contributed by atoms with Crippen molar-refractivity contribution in [3.8, 4) is 0 Å². The molecule has 1 aliphatic rings. The van der Waals surface area contributed by atoms with Crippen molar-refractivity contribution < 1.29 is 4.79 Å². The van der Waals surface area contributed by atoms with Gasteiger partial charge in [0.25, 0.3) is 0 Å². The summed E-state index contributed by atoms with van der Waals surface area (Å²) >= 11 is 0. The van der Waals surface area contributed by atoms with Crippen LogP contribution in [0.4, 0.5) is 11.4 Å². The number of amides is 1. The maximum Gasteiger partial charge on any atom is 0.249 e. The lowest BCUT2D eigenvalue weighted by molar-refractivity contribution is -0.118. The predicted octanol–water partition coefficient (Wildman–Crippen LogP) is 3.64. The zero-order valence-corrected chi connectivity index (χ0v) is 13.2. The molecule has 3 nitrogen and oxygen atoms in total. The fraction of sp³-hybridized carbons (Fsp3) is 0.316. The first-order valence-electron chi connectivity index (χ1n) is 7.94. The molecule has 0 saturated carbocycles. The number of anilines is 2. The van der Waals surface area contributed by atoms with E-state index in [-0.39, 0.29) is 11.9 Å². The molecule has 0 aliphatic carbocycles. The quantitative estimate of drug-likeness (QED) is 0.933. The van der Waals surface area contributed by atoms with Gasteiger partial charge in [-0.25, -0.2) is 0 Å². The molecule has 2 aromatic rings. The number of benzene rings is 2. The van der Waals surface area contributed by atoms with E-state index >= 15 is 0 Å². The number of rotatable bonds is 4. The molecule has 0 spiro atoms. The Hall–Kier alpha value is -2.29. The second-order valence-corrected chi connectivity index (χ2v) is 5.79. The minimum absolute atomic E-state index is 0.131. The first-order valence-corrected chi connectivity index (χ1v) is 7.94. The van der Waals surface area contributed by atoms with E-state index < -0.39 is 0 Å². The van der Waals surface area contributed by atoms with Gasteiger partial charge in [-0.3, -0.25) is 4.79 Å². The fourth-order valence-electron chi connectivity index (χ4n) is 2.99. The summed E-state index contributed by atoms with van der Waals surface area (Å²) in [5.74, 6) is 0.131. The summed E-state index contributed by atoms with van der Waals surface area (Å²) in [6, 6.07) is 16.2. The highest BCUT2D eigenvalue weighted by Gasteiger charge is 2.27. The van der Waals surface area contributed by atoms with Crippen LogP contribution in [0.2, 0.25) is 0 Å². The normalized spacial score (nSPS) is 14.5.